The molecular formula is C17H15F5N2O2. The molecule has 0 radical (unpaired) electrons. The molecule has 140 valence electrons. The highest BCUT2D eigenvalue weighted by Gasteiger charge is 2.31. The fraction of sp³-hybridized carbons (Fsp3) is 0.294. The van der Waals surface area contributed by atoms with E-state index in [1.54, 1.807) is 6.92 Å². The summed E-state index contributed by atoms with van der Waals surface area (Å²) in [7, 11) is 1.35. The fourth-order valence-electron chi connectivity index (χ4n) is 2.29. The van der Waals surface area contributed by atoms with Crippen LogP contribution in [0, 0.1) is 11.6 Å². The third-order valence-electron chi connectivity index (χ3n) is 4.02. The summed E-state index contributed by atoms with van der Waals surface area (Å²) in [6, 6.07) is 3.82. The summed E-state index contributed by atoms with van der Waals surface area (Å²) >= 11 is 0. The summed E-state index contributed by atoms with van der Waals surface area (Å²) in [6.45, 7) is 0.923. The molecule has 0 aliphatic carbocycles. The molecule has 0 saturated carbocycles. The van der Waals surface area contributed by atoms with Crippen LogP contribution >= 0.6 is 0 Å². The molecule has 1 heterocycles. The molecule has 1 aromatic heterocycles. The predicted octanol–water partition coefficient (Wildman–Crippen LogP) is 3.36. The normalized spacial score (nSPS) is 12.7. The third kappa shape index (κ3) is 4.27. The van der Waals surface area contributed by atoms with Crippen molar-refractivity contribution in [2.24, 2.45) is 0 Å². The first kappa shape index (κ1) is 19.6. The minimum absolute atomic E-state index is 0.302. The van der Waals surface area contributed by atoms with Gasteiger partial charge >= 0.3 is 6.18 Å². The average Bonchev–Trinajstić information content (AvgIpc) is 2.56. The Morgan fingerprint density at radius 2 is 1.81 bits per heavy atom. The van der Waals surface area contributed by atoms with Crippen molar-refractivity contribution in [2.45, 2.75) is 25.7 Å². The Hall–Kier alpha value is -2.71. The molecule has 0 saturated heterocycles. The first-order valence-corrected chi connectivity index (χ1v) is 7.49. The van der Waals surface area contributed by atoms with Gasteiger partial charge in [-0.25, -0.2) is 8.78 Å². The molecule has 2 aromatic rings. The lowest BCUT2D eigenvalue weighted by Crippen LogP contribution is -2.35. The van der Waals surface area contributed by atoms with Crippen LogP contribution in [0.15, 0.2) is 41.3 Å². The van der Waals surface area contributed by atoms with Crippen molar-refractivity contribution in [2.75, 3.05) is 7.05 Å². The molecule has 4 nitrogen and oxygen atoms in total. The van der Waals surface area contributed by atoms with E-state index in [-0.39, 0.29) is 0 Å². The lowest BCUT2D eigenvalue weighted by atomic mass is 10.1. The molecule has 0 bridgehead atoms. The van der Waals surface area contributed by atoms with Crippen LogP contribution in [0.25, 0.3) is 0 Å². The topological polar surface area (TPSA) is 42.3 Å². The van der Waals surface area contributed by atoms with Gasteiger partial charge in [-0.3, -0.25) is 9.59 Å². The summed E-state index contributed by atoms with van der Waals surface area (Å²) in [5.41, 5.74) is -1.52. The van der Waals surface area contributed by atoms with Gasteiger partial charge in [0.2, 0.25) is 5.91 Å². The van der Waals surface area contributed by atoms with Gasteiger partial charge < -0.3 is 9.47 Å². The number of aromatic nitrogens is 1. The van der Waals surface area contributed by atoms with E-state index in [9.17, 15) is 31.5 Å². The molecule has 0 aliphatic heterocycles. The van der Waals surface area contributed by atoms with E-state index in [0.717, 1.165) is 23.1 Å². The van der Waals surface area contributed by atoms with Gasteiger partial charge in [-0.05, 0) is 30.7 Å². The van der Waals surface area contributed by atoms with Gasteiger partial charge in [0.25, 0.3) is 5.56 Å². The maximum atomic E-state index is 13.3. The number of nitrogens with zero attached hydrogens (tertiary/aromatic N) is 2. The zero-order valence-electron chi connectivity index (χ0n) is 13.8. The van der Waals surface area contributed by atoms with Crippen LogP contribution in [0.3, 0.4) is 0 Å². The molecular weight excluding hydrogens is 359 g/mol. The average molecular weight is 374 g/mol. The van der Waals surface area contributed by atoms with E-state index in [2.05, 4.69) is 0 Å². The Balaban J connectivity index is 2.21. The lowest BCUT2D eigenvalue weighted by Gasteiger charge is -2.26. The molecule has 2 rings (SSSR count). The standard InChI is InChI=1S/C17H15F5N2O2/c1-10(11-3-5-13(18)14(19)7-11)23(2)16(26)9-24-8-12(17(20,21)22)4-6-15(24)25/h3-8,10H,9H2,1-2H3. The van der Waals surface area contributed by atoms with E-state index < -0.39 is 47.4 Å². The second-order valence-corrected chi connectivity index (χ2v) is 5.74. The number of hydrogen-bond acceptors (Lipinski definition) is 2. The van der Waals surface area contributed by atoms with Gasteiger partial charge in [0, 0.05) is 19.3 Å². The number of pyridine rings is 1. The number of benzene rings is 1. The second-order valence-electron chi connectivity index (χ2n) is 5.74. The van der Waals surface area contributed by atoms with Gasteiger partial charge in [0.1, 0.15) is 6.54 Å². The number of amides is 1. The number of carbonyl (C=O) groups is 1. The Bertz CT molecular complexity index is 876. The maximum Gasteiger partial charge on any atom is 0.417 e. The van der Waals surface area contributed by atoms with Crippen LogP contribution in [0.4, 0.5) is 22.0 Å². The number of carbonyl (C=O) groups excluding carboxylic acids is 1. The zero-order valence-corrected chi connectivity index (χ0v) is 13.8. The third-order valence-corrected chi connectivity index (χ3v) is 4.02. The van der Waals surface area contributed by atoms with Gasteiger partial charge in [-0.15, -0.1) is 0 Å². The molecule has 1 unspecified atom stereocenters. The predicted molar refractivity (Wildman–Crippen MR) is 83.2 cm³/mol. The van der Waals surface area contributed by atoms with Gasteiger partial charge in [0.05, 0.1) is 11.6 Å². The van der Waals surface area contributed by atoms with Crippen molar-refractivity contribution in [1.82, 2.24) is 9.47 Å². The number of halogens is 5. The molecule has 1 aromatic carbocycles. The van der Waals surface area contributed by atoms with Gasteiger partial charge in [-0.2, -0.15) is 13.2 Å². The molecule has 0 aliphatic rings. The van der Waals surface area contributed by atoms with E-state index in [4.69, 9.17) is 0 Å². The van der Waals surface area contributed by atoms with Crippen LogP contribution in [-0.2, 0) is 17.5 Å². The Labute approximate surface area is 145 Å². The number of rotatable bonds is 4. The van der Waals surface area contributed by atoms with Crippen molar-refractivity contribution < 1.29 is 26.7 Å². The van der Waals surface area contributed by atoms with Crippen LogP contribution < -0.4 is 5.56 Å². The summed E-state index contributed by atoms with van der Waals surface area (Å²) < 4.78 is 65.2. The van der Waals surface area contributed by atoms with E-state index >= 15 is 0 Å². The quantitative estimate of drug-likeness (QED) is 0.771. The molecule has 9 heteroatoms. The Morgan fingerprint density at radius 3 is 2.38 bits per heavy atom. The van der Waals surface area contributed by atoms with Gasteiger partial charge in [-0.1, -0.05) is 6.07 Å². The zero-order chi connectivity index (χ0) is 19.6. The lowest BCUT2D eigenvalue weighted by molar-refractivity contribution is -0.138. The Morgan fingerprint density at radius 1 is 1.15 bits per heavy atom. The van der Waals surface area contributed by atoms with Crippen LogP contribution in [0.2, 0.25) is 0 Å². The molecule has 1 atom stereocenters. The first-order chi connectivity index (χ1) is 12.0. The van der Waals surface area contributed by atoms with Crippen molar-refractivity contribution in [3.63, 3.8) is 0 Å². The minimum atomic E-state index is -4.65. The van der Waals surface area contributed by atoms with E-state index in [0.29, 0.717) is 22.4 Å². The number of likely N-dealkylation sites (N-methyl/N-ethyl adjacent to an activating group) is 1. The molecule has 0 fully saturated rings. The second kappa shape index (κ2) is 7.27. The van der Waals surface area contributed by atoms with Crippen LogP contribution in [0.1, 0.15) is 24.1 Å². The fourth-order valence-corrected chi connectivity index (χ4v) is 2.29. The van der Waals surface area contributed by atoms with Gasteiger partial charge in [0.15, 0.2) is 11.6 Å². The Kier molecular flexibility index (Phi) is 5.48. The number of hydrogen-bond donors (Lipinski definition) is 0. The smallest absolute Gasteiger partial charge is 0.337 e. The highest BCUT2D eigenvalue weighted by Crippen LogP contribution is 2.28. The van der Waals surface area contributed by atoms with Crippen molar-refractivity contribution in [3.8, 4) is 0 Å². The number of alkyl halides is 3. The summed E-state index contributed by atoms with van der Waals surface area (Å²) in [5, 5.41) is 0. The molecule has 26 heavy (non-hydrogen) atoms. The van der Waals surface area contributed by atoms with Crippen molar-refractivity contribution in [3.05, 3.63) is 69.6 Å². The van der Waals surface area contributed by atoms with Crippen molar-refractivity contribution in [1.29, 1.82) is 0 Å². The summed E-state index contributed by atoms with van der Waals surface area (Å²) in [4.78, 5) is 25.2. The highest BCUT2D eigenvalue weighted by molar-refractivity contribution is 5.76. The highest BCUT2D eigenvalue weighted by atomic mass is 19.4. The van der Waals surface area contributed by atoms with Crippen LogP contribution in [-0.4, -0.2) is 22.4 Å². The van der Waals surface area contributed by atoms with Crippen molar-refractivity contribution >= 4 is 5.91 Å². The molecule has 0 spiro atoms. The first-order valence-electron chi connectivity index (χ1n) is 7.49. The van der Waals surface area contributed by atoms with E-state index in [1.165, 1.54) is 13.1 Å². The molecule has 1 amide bonds. The summed E-state index contributed by atoms with van der Waals surface area (Å²) in [6.07, 6.45) is -4.08. The summed E-state index contributed by atoms with van der Waals surface area (Å²) in [5.74, 6) is -2.78. The SMILES string of the molecule is CC(c1ccc(F)c(F)c1)N(C)C(=O)Cn1cc(C(F)(F)F)ccc1=O. The minimum Gasteiger partial charge on any atom is -0.337 e. The maximum absolute atomic E-state index is 13.3. The molecule has 0 N–H and O–H groups in total. The largest absolute Gasteiger partial charge is 0.417 e. The van der Waals surface area contributed by atoms with E-state index in [1.807, 2.05) is 0 Å². The monoisotopic (exact) mass is 374 g/mol. The van der Waals surface area contributed by atoms with Crippen LogP contribution in [0.5, 0.6) is 0 Å².